The molecule has 1 fully saturated rings. The third-order valence-electron chi connectivity index (χ3n) is 4.30. The molecule has 2 amide bonds. The average Bonchev–Trinajstić information content (AvgIpc) is 2.73. The van der Waals surface area contributed by atoms with Crippen molar-refractivity contribution in [3.05, 3.63) is 30.3 Å². The molecular formula is C18H23N5O4. The van der Waals surface area contributed by atoms with Gasteiger partial charge in [0.25, 0.3) is 0 Å². The van der Waals surface area contributed by atoms with Gasteiger partial charge in [0.05, 0.1) is 27.0 Å². The van der Waals surface area contributed by atoms with Crippen LogP contribution in [0.3, 0.4) is 0 Å². The summed E-state index contributed by atoms with van der Waals surface area (Å²) in [6.07, 6.45) is 0. The highest BCUT2D eigenvalue weighted by Crippen LogP contribution is 2.24. The number of ether oxygens (including phenoxy) is 3. The molecule has 1 aliphatic heterocycles. The Morgan fingerprint density at radius 3 is 2.41 bits per heavy atom. The van der Waals surface area contributed by atoms with E-state index in [0.717, 1.165) is 0 Å². The van der Waals surface area contributed by atoms with Crippen molar-refractivity contribution in [2.45, 2.75) is 0 Å². The van der Waals surface area contributed by atoms with Gasteiger partial charge in [0.2, 0.25) is 5.88 Å². The van der Waals surface area contributed by atoms with Crippen molar-refractivity contribution in [1.82, 2.24) is 14.9 Å². The maximum absolute atomic E-state index is 12.6. The zero-order valence-corrected chi connectivity index (χ0v) is 15.6. The molecule has 0 spiro atoms. The Balaban J connectivity index is 1.62. The van der Waals surface area contributed by atoms with Gasteiger partial charge >= 0.3 is 12.0 Å². The molecule has 1 saturated heterocycles. The predicted octanol–water partition coefficient (Wildman–Crippen LogP) is 1.86. The van der Waals surface area contributed by atoms with Crippen molar-refractivity contribution < 1.29 is 19.0 Å². The number of carbonyl (C=O) groups excluding carboxylic acids is 1. The minimum atomic E-state index is -0.156. The molecule has 0 saturated carbocycles. The summed E-state index contributed by atoms with van der Waals surface area (Å²) in [7, 11) is 4.64. The lowest BCUT2D eigenvalue weighted by Crippen LogP contribution is -2.50. The number of nitrogens with zero attached hydrogens (tertiary/aromatic N) is 4. The van der Waals surface area contributed by atoms with E-state index in [1.54, 1.807) is 25.2 Å². The summed E-state index contributed by atoms with van der Waals surface area (Å²) in [5.41, 5.74) is 0.651. The molecule has 9 nitrogen and oxygen atoms in total. The molecule has 0 radical (unpaired) electrons. The number of para-hydroxylation sites is 2. The number of benzene rings is 1. The van der Waals surface area contributed by atoms with E-state index in [9.17, 15) is 4.79 Å². The fourth-order valence-corrected chi connectivity index (χ4v) is 2.83. The number of urea groups is 1. The number of methoxy groups -OCH3 is 3. The van der Waals surface area contributed by atoms with Crippen LogP contribution in [0.2, 0.25) is 0 Å². The Bertz CT molecular complexity index is 771. The van der Waals surface area contributed by atoms with Crippen molar-refractivity contribution >= 4 is 17.5 Å². The van der Waals surface area contributed by atoms with Crippen molar-refractivity contribution in [1.29, 1.82) is 0 Å². The van der Waals surface area contributed by atoms with Crippen LogP contribution in [-0.4, -0.2) is 68.4 Å². The molecule has 2 aromatic rings. The van der Waals surface area contributed by atoms with E-state index in [1.165, 1.54) is 7.11 Å². The molecule has 1 N–H and O–H groups in total. The summed E-state index contributed by atoms with van der Waals surface area (Å²) in [5, 5.41) is 2.90. The number of anilines is 2. The van der Waals surface area contributed by atoms with Crippen LogP contribution >= 0.6 is 0 Å². The second-order valence-corrected chi connectivity index (χ2v) is 5.86. The Labute approximate surface area is 157 Å². The van der Waals surface area contributed by atoms with Crippen LogP contribution in [-0.2, 0) is 0 Å². The molecule has 0 bridgehead atoms. The quantitative estimate of drug-likeness (QED) is 0.856. The summed E-state index contributed by atoms with van der Waals surface area (Å²) in [6.45, 7) is 2.41. The molecule has 0 aliphatic carbocycles. The third kappa shape index (κ3) is 4.30. The van der Waals surface area contributed by atoms with Crippen LogP contribution in [0, 0.1) is 0 Å². The van der Waals surface area contributed by atoms with Crippen LogP contribution < -0.4 is 24.4 Å². The molecular weight excluding hydrogens is 350 g/mol. The van der Waals surface area contributed by atoms with Gasteiger partial charge in [-0.25, -0.2) is 4.79 Å². The first-order valence-corrected chi connectivity index (χ1v) is 8.55. The number of piperazine rings is 1. The number of hydrogen-bond donors (Lipinski definition) is 1. The second kappa shape index (κ2) is 8.43. The minimum absolute atomic E-state index is 0.156. The Morgan fingerprint density at radius 1 is 1.00 bits per heavy atom. The van der Waals surface area contributed by atoms with Gasteiger partial charge in [-0.05, 0) is 12.1 Å². The molecule has 1 aromatic carbocycles. The monoisotopic (exact) mass is 373 g/mol. The van der Waals surface area contributed by atoms with Gasteiger partial charge in [-0.3, -0.25) is 0 Å². The van der Waals surface area contributed by atoms with E-state index in [-0.39, 0.29) is 12.0 Å². The molecule has 2 heterocycles. The summed E-state index contributed by atoms with van der Waals surface area (Å²) in [6, 6.07) is 9.18. The van der Waals surface area contributed by atoms with Crippen LogP contribution in [0.5, 0.6) is 17.6 Å². The van der Waals surface area contributed by atoms with Gasteiger partial charge < -0.3 is 29.3 Å². The lowest BCUT2D eigenvalue weighted by molar-refractivity contribution is 0.208. The number of hydrogen-bond acceptors (Lipinski definition) is 7. The van der Waals surface area contributed by atoms with Gasteiger partial charge in [-0.15, -0.1) is 0 Å². The number of aromatic nitrogens is 2. The molecule has 27 heavy (non-hydrogen) atoms. The zero-order chi connectivity index (χ0) is 19.2. The standard InChI is InChI=1S/C18H23N5O4/c1-25-14-7-5-4-6-13(14)19-18(24)23-10-8-22(9-11-23)15-12-16(26-2)21-17(20-15)27-3/h4-7,12H,8-11H2,1-3H3,(H,19,24). The molecule has 144 valence electrons. The molecule has 9 heteroatoms. The Hall–Kier alpha value is -3.23. The van der Waals surface area contributed by atoms with E-state index < -0.39 is 0 Å². The third-order valence-corrected chi connectivity index (χ3v) is 4.30. The smallest absolute Gasteiger partial charge is 0.322 e. The number of rotatable bonds is 5. The lowest BCUT2D eigenvalue weighted by atomic mass is 10.3. The maximum Gasteiger partial charge on any atom is 0.322 e. The largest absolute Gasteiger partial charge is 0.495 e. The van der Waals surface area contributed by atoms with Crippen molar-refractivity contribution in [2.24, 2.45) is 0 Å². The van der Waals surface area contributed by atoms with Crippen LogP contribution in [0.1, 0.15) is 0 Å². The van der Waals surface area contributed by atoms with Gasteiger partial charge in [0.15, 0.2) is 0 Å². The van der Waals surface area contributed by atoms with Crippen molar-refractivity contribution in [2.75, 3.05) is 57.7 Å². The van der Waals surface area contributed by atoms with E-state index in [2.05, 4.69) is 20.2 Å². The summed E-state index contributed by atoms with van der Waals surface area (Å²) in [5.74, 6) is 1.78. The predicted molar refractivity (Wildman–Crippen MR) is 101 cm³/mol. The maximum atomic E-state index is 12.6. The zero-order valence-electron chi connectivity index (χ0n) is 15.6. The summed E-state index contributed by atoms with van der Waals surface area (Å²) < 4.78 is 15.6. The second-order valence-electron chi connectivity index (χ2n) is 5.86. The number of amides is 2. The minimum Gasteiger partial charge on any atom is -0.495 e. The van der Waals surface area contributed by atoms with E-state index in [4.69, 9.17) is 14.2 Å². The first kappa shape index (κ1) is 18.6. The first-order valence-electron chi connectivity index (χ1n) is 8.55. The van der Waals surface area contributed by atoms with E-state index >= 15 is 0 Å². The lowest BCUT2D eigenvalue weighted by Gasteiger charge is -2.35. The van der Waals surface area contributed by atoms with Crippen LogP contribution in [0.4, 0.5) is 16.3 Å². The van der Waals surface area contributed by atoms with Crippen LogP contribution in [0.25, 0.3) is 0 Å². The highest BCUT2D eigenvalue weighted by Gasteiger charge is 2.23. The van der Waals surface area contributed by atoms with Crippen molar-refractivity contribution in [3.63, 3.8) is 0 Å². The Kier molecular flexibility index (Phi) is 5.80. The van der Waals surface area contributed by atoms with Gasteiger partial charge in [0.1, 0.15) is 11.6 Å². The van der Waals surface area contributed by atoms with Gasteiger partial charge in [-0.2, -0.15) is 9.97 Å². The molecule has 1 aromatic heterocycles. The number of nitrogens with one attached hydrogen (secondary N) is 1. The topological polar surface area (TPSA) is 89.1 Å². The van der Waals surface area contributed by atoms with E-state index in [1.807, 2.05) is 24.3 Å². The SMILES string of the molecule is COc1cc(N2CCN(C(=O)Nc3ccccc3OC)CC2)nc(OC)n1. The van der Waals surface area contributed by atoms with Gasteiger partial charge in [0, 0.05) is 32.2 Å². The highest BCUT2D eigenvalue weighted by atomic mass is 16.5. The summed E-state index contributed by atoms with van der Waals surface area (Å²) >= 11 is 0. The van der Waals surface area contributed by atoms with Gasteiger partial charge in [-0.1, -0.05) is 12.1 Å². The summed E-state index contributed by atoms with van der Waals surface area (Å²) in [4.78, 5) is 24.9. The van der Waals surface area contributed by atoms with E-state index in [0.29, 0.717) is 49.3 Å². The van der Waals surface area contributed by atoms with Crippen molar-refractivity contribution in [3.8, 4) is 17.6 Å². The molecule has 0 atom stereocenters. The normalized spacial score (nSPS) is 13.9. The fourth-order valence-electron chi connectivity index (χ4n) is 2.83. The molecule has 0 unspecified atom stereocenters. The average molecular weight is 373 g/mol. The molecule has 1 aliphatic rings. The first-order chi connectivity index (χ1) is 13.1. The Morgan fingerprint density at radius 2 is 1.74 bits per heavy atom. The van der Waals surface area contributed by atoms with Crippen LogP contribution in [0.15, 0.2) is 30.3 Å². The fraction of sp³-hybridized carbons (Fsp3) is 0.389. The molecule has 3 rings (SSSR count). The number of carbonyl (C=O) groups is 1. The highest BCUT2D eigenvalue weighted by molar-refractivity contribution is 5.91.